The van der Waals surface area contributed by atoms with Gasteiger partial charge in [0.1, 0.15) is 35.8 Å². The number of hydrogen-bond donors (Lipinski definition) is 3. The fraction of sp³-hybridized carbons (Fsp3) is 0.395. The normalized spacial score (nSPS) is 19.2. The van der Waals surface area contributed by atoms with Crippen LogP contribution >= 0.6 is 0 Å². The molecule has 0 fully saturated rings. The van der Waals surface area contributed by atoms with Gasteiger partial charge in [0.15, 0.2) is 0 Å². The predicted octanol–water partition coefficient (Wildman–Crippen LogP) is 7.24. The number of amides is 3. The highest BCUT2D eigenvalue weighted by Crippen LogP contribution is 2.45. The molecule has 286 valence electrons. The molecule has 0 saturated carbocycles. The maximum atomic E-state index is 13.7. The van der Waals surface area contributed by atoms with Gasteiger partial charge in [-0.2, -0.15) is 0 Å². The molecule has 0 saturated heterocycles. The lowest BCUT2D eigenvalue weighted by atomic mass is 9.92. The number of nitrogens with one attached hydrogen (secondary N) is 3. The van der Waals surface area contributed by atoms with Gasteiger partial charge >= 0.3 is 12.1 Å². The third-order valence-corrected chi connectivity index (χ3v) is 9.13. The maximum Gasteiger partial charge on any atom is 0.407 e. The first kappa shape index (κ1) is 39.6. The first-order valence-electron chi connectivity index (χ1n) is 18.6. The van der Waals surface area contributed by atoms with Crippen molar-refractivity contribution in [3.8, 4) is 22.6 Å². The van der Waals surface area contributed by atoms with Crippen LogP contribution in [0, 0.1) is 5.92 Å². The van der Waals surface area contributed by atoms with Crippen molar-refractivity contribution in [1.29, 1.82) is 0 Å². The van der Waals surface area contributed by atoms with E-state index in [4.69, 9.17) is 18.9 Å². The summed E-state index contributed by atoms with van der Waals surface area (Å²) in [5.74, 6) is -0.602. The van der Waals surface area contributed by atoms with Crippen LogP contribution in [-0.4, -0.2) is 68.4 Å². The van der Waals surface area contributed by atoms with Gasteiger partial charge in [0.2, 0.25) is 11.8 Å². The van der Waals surface area contributed by atoms with Gasteiger partial charge in [-0.05, 0) is 80.1 Å². The molecule has 0 aliphatic carbocycles. The van der Waals surface area contributed by atoms with Gasteiger partial charge in [0.05, 0.1) is 13.7 Å². The molecule has 1 aliphatic heterocycles. The van der Waals surface area contributed by atoms with Crippen LogP contribution < -0.4 is 25.4 Å². The molecule has 4 aromatic carbocycles. The topological polar surface area (TPSA) is 141 Å². The van der Waals surface area contributed by atoms with Crippen LogP contribution in [0.3, 0.4) is 0 Å². The van der Waals surface area contributed by atoms with Crippen molar-refractivity contribution < 1.29 is 38.1 Å². The second-order valence-electron chi connectivity index (χ2n) is 14.4. The van der Waals surface area contributed by atoms with E-state index >= 15 is 0 Å². The monoisotopic (exact) mass is 737 g/mol. The largest absolute Gasteiger partial charge is 0.493 e. The minimum atomic E-state index is -1.02. The quantitative estimate of drug-likeness (QED) is 0.107. The van der Waals surface area contributed by atoms with Crippen molar-refractivity contribution in [1.82, 2.24) is 16.0 Å². The van der Waals surface area contributed by atoms with E-state index in [0.717, 1.165) is 32.7 Å². The van der Waals surface area contributed by atoms with Crippen LogP contribution in [0.25, 0.3) is 32.7 Å². The van der Waals surface area contributed by atoms with Gasteiger partial charge in [0, 0.05) is 30.0 Å². The average molecular weight is 738 g/mol. The van der Waals surface area contributed by atoms with Gasteiger partial charge < -0.3 is 34.9 Å². The van der Waals surface area contributed by atoms with Crippen molar-refractivity contribution >= 4 is 45.4 Å². The van der Waals surface area contributed by atoms with Crippen molar-refractivity contribution in [2.75, 3.05) is 26.9 Å². The molecule has 0 radical (unpaired) electrons. The second-order valence-corrected chi connectivity index (χ2v) is 14.4. The summed E-state index contributed by atoms with van der Waals surface area (Å²) < 4.78 is 23.3. The van der Waals surface area contributed by atoms with Crippen molar-refractivity contribution in [2.45, 2.75) is 77.5 Å². The Morgan fingerprint density at radius 3 is 2.11 bits per heavy atom. The summed E-state index contributed by atoms with van der Waals surface area (Å²) in [6, 6.07) is 22.3. The summed E-state index contributed by atoms with van der Waals surface area (Å²) in [7, 11) is 1.27. The Kier molecular flexibility index (Phi) is 13.5. The molecule has 4 aromatic rings. The Labute approximate surface area is 316 Å². The first-order chi connectivity index (χ1) is 25.9. The van der Waals surface area contributed by atoms with Crippen LogP contribution in [0.5, 0.6) is 11.5 Å². The van der Waals surface area contributed by atoms with Gasteiger partial charge in [-0.3, -0.25) is 9.59 Å². The highest BCUT2D eigenvalue weighted by molar-refractivity contribution is 6.09. The number of carbonyl (C=O) groups excluding carboxylic acids is 4. The molecule has 3 atom stereocenters. The molecule has 3 N–H and O–H groups in total. The van der Waals surface area contributed by atoms with Crippen molar-refractivity contribution in [3.05, 3.63) is 84.9 Å². The number of alkyl carbamates (subject to hydrolysis) is 1. The summed E-state index contributed by atoms with van der Waals surface area (Å²) in [4.78, 5) is 52.1. The number of benzene rings is 4. The summed E-state index contributed by atoms with van der Waals surface area (Å²) in [6.45, 7) is 7.93. The van der Waals surface area contributed by atoms with Gasteiger partial charge in [-0.1, -0.05) is 79.7 Å². The van der Waals surface area contributed by atoms with Crippen LogP contribution in [0.4, 0.5) is 4.79 Å². The Balaban J connectivity index is 1.43. The summed E-state index contributed by atoms with van der Waals surface area (Å²) in [6.07, 6.45) is 4.92. The van der Waals surface area contributed by atoms with Crippen LogP contribution in [0.1, 0.15) is 59.8 Å². The minimum Gasteiger partial charge on any atom is -0.493 e. The van der Waals surface area contributed by atoms with Gasteiger partial charge in [0.25, 0.3) is 0 Å². The number of methoxy groups -OCH3 is 1. The molecule has 3 amide bonds. The first-order valence-corrected chi connectivity index (χ1v) is 18.6. The van der Waals surface area contributed by atoms with E-state index in [0.29, 0.717) is 37.3 Å². The second kappa shape index (κ2) is 18.4. The summed E-state index contributed by atoms with van der Waals surface area (Å²) in [5.41, 5.74) is 1.16. The van der Waals surface area contributed by atoms with Crippen LogP contribution in [-0.2, 0) is 23.9 Å². The highest BCUT2D eigenvalue weighted by atomic mass is 16.6. The summed E-state index contributed by atoms with van der Waals surface area (Å²) in [5, 5.41) is 12.5. The zero-order chi connectivity index (χ0) is 38.7. The molecule has 0 aromatic heterocycles. The number of hydrogen-bond acceptors (Lipinski definition) is 8. The molecule has 0 bridgehead atoms. The molecule has 54 heavy (non-hydrogen) atoms. The molecule has 0 spiro atoms. The standard InChI is InChI=1S/C43H51N3O8/c1-28-14-12-26-52-34-23-21-29-15-6-8-17-31(29)37(34)38-32-18-9-7-16-30(32)22-24-35(38)53-27-13-20-36(47)45-33(40(48)46-39(28)41(49)51-5)19-10-11-25-44-42(50)54-43(2,3)4/h6-9,12,14-18,21-24,28,33,39H,10-11,13,19-20,25-27H2,1-5H3,(H,44,50)(H,45,47)(H,46,48)/b14-12+/t28-,33?,39?/m1/s1. The average Bonchev–Trinajstić information content (AvgIpc) is 3.14. The van der Waals surface area contributed by atoms with E-state index < -0.39 is 41.6 Å². The predicted molar refractivity (Wildman–Crippen MR) is 209 cm³/mol. The Morgan fingerprint density at radius 1 is 0.852 bits per heavy atom. The van der Waals surface area contributed by atoms with E-state index in [1.807, 2.05) is 54.6 Å². The van der Waals surface area contributed by atoms with Crippen LogP contribution in [0.2, 0.25) is 0 Å². The maximum absolute atomic E-state index is 13.7. The van der Waals surface area contributed by atoms with Crippen LogP contribution in [0.15, 0.2) is 84.9 Å². The Morgan fingerprint density at radius 2 is 1.48 bits per heavy atom. The van der Waals surface area contributed by atoms with E-state index in [2.05, 4.69) is 40.2 Å². The fourth-order valence-corrected chi connectivity index (χ4v) is 6.49. The number of ether oxygens (including phenoxy) is 4. The highest BCUT2D eigenvalue weighted by Gasteiger charge is 2.30. The fourth-order valence-electron chi connectivity index (χ4n) is 6.49. The number of rotatable bonds is 6. The van der Waals surface area contributed by atoms with Gasteiger partial charge in [-0.15, -0.1) is 0 Å². The SMILES string of the molecule is COC(=O)C1NC(=O)C(CCCCNC(=O)OC(C)(C)C)NC(=O)CCCOc2ccc3ccccc3c2-c2c(ccc3ccccc23)OC/C=C/[C@H]1C. The lowest BCUT2D eigenvalue weighted by Gasteiger charge is -2.25. The molecular formula is C43H51N3O8. The molecule has 1 aliphatic rings. The molecule has 11 heteroatoms. The van der Waals surface area contributed by atoms with E-state index in [9.17, 15) is 19.2 Å². The molecular weight excluding hydrogens is 686 g/mol. The van der Waals surface area contributed by atoms with E-state index in [1.165, 1.54) is 7.11 Å². The molecule has 5 rings (SSSR count). The Hall–Kier alpha value is -5.58. The molecule has 1 heterocycles. The molecule has 11 nitrogen and oxygen atoms in total. The van der Waals surface area contributed by atoms with Crippen molar-refractivity contribution in [2.24, 2.45) is 5.92 Å². The third kappa shape index (κ3) is 10.5. The lowest BCUT2D eigenvalue weighted by molar-refractivity contribution is -0.146. The molecule has 2 unspecified atom stereocenters. The number of fused-ring (bicyclic) bond motifs is 7. The third-order valence-electron chi connectivity index (χ3n) is 9.13. The zero-order valence-corrected chi connectivity index (χ0v) is 31.7. The van der Waals surface area contributed by atoms with Gasteiger partial charge in [-0.25, -0.2) is 9.59 Å². The smallest absolute Gasteiger partial charge is 0.407 e. The number of unbranched alkanes of at least 4 members (excludes halogenated alkanes) is 1. The number of carbonyl (C=O) groups is 4. The van der Waals surface area contributed by atoms with Crippen molar-refractivity contribution in [3.63, 3.8) is 0 Å². The minimum absolute atomic E-state index is 0.106. The van der Waals surface area contributed by atoms with E-state index in [-0.39, 0.29) is 32.0 Å². The lowest BCUT2D eigenvalue weighted by Crippen LogP contribution is -2.53. The Bertz CT molecular complexity index is 1980. The summed E-state index contributed by atoms with van der Waals surface area (Å²) >= 11 is 0. The van der Waals surface area contributed by atoms with E-state index in [1.54, 1.807) is 33.8 Å². The number of esters is 1. The zero-order valence-electron chi connectivity index (χ0n) is 31.7.